The first-order valence-corrected chi connectivity index (χ1v) is 9.32. The van der Waals surface area contributed by atoms with Gasteiger partial charge in [-0.15, -0.1) is 11.3 Å². The number of nitrogens with zero attached hydrogens (tertiary/aromatic N) is 1. The van der Waals surface area contributed by atoms with E-state index in [2.05, 4.69) is 10.3 Å². The molecule has 0 saturated carbocycles. The fourth-order valence-corrected chi connectivity index (χ4v) is 3.92. The average Bonchev–Trinajstić information content (AvgIpc) is 3.05. The zero-order valence-electron chi connectivity index (χ0n) is 14.7. The second kappa shape index (κ2) is 7.21. The molecule has 0 spiro atoms. The number of nitrogens with one attached hydrogen (secondary N) is 1. The number of hydrogen-bond acceptors (Lipinski definition) is 4. The van der Waals surface area contributed by atoms with Crippen LogP contribution in [0.3, 0.4) is 0 Å². The fraction of sp³-hybridized carbons (Fsp3) is 0.0476. The number of benzene rings is 2. The fourth-order valence-electron chi connectivity index (χ4n) is 2.93. The largest absolute Gasteiger partial charge is 0.505 e. The summed E-state index contributed by atoms with van der Waals surface area (Å²) in [6.07, 6.45) is -4.73. The van der Waals surface area contributed by atoms with Crippen LogP contribution < -0.4 is 5.32 Å². The maximum Gasteiger partial charge on any atom is 0.417 e. The van der Waals surface area contributed by atoms with Gasteiger partial charge in [0, 0.05) is 11.3 Å². The Bertz CT molecular complexity index is 1190. The standard InChI is InChI=1S/C21H13F3N2O2S/c22-21(23,24)14-11-15(12-7-3-1-4-8-12)26-20-16(14)17(27)18(29-20)19(28)25-13-9-5-2-6-10-13/h1-11,27H,(H,25,28). The number of thiophene rings is 1. The maximum atomic E-state index is 13.7. The lowest BCUT2D eigenvalue weighted by atomic mass is 10.1. The Labute approximate surface area is 167 Å². The van der Waals surface area contributed by atoms with E-state index in [1.807, 2.05) is 0 Å². The van der Waals surface area contributed by atoms with E-state index >= 15 is 0 Å². The lowest BCUT2D eigenvalue weighted by Gasteiger charge is -2.11. The summed E-state index contributed by atoms with van der Waals surface area (Å²) in [4.78, 5) is 16.5. The molecule has 0 bridgehead atoms. The number of halogens is 3. The number of hydrogen-bond donors (Lipinski definition) is 2. The molecule has 2 N–H and O–H groups in total. The number of aromatic nitrogens is 1. The van der Waals surface area contributed by atoms with Crippen LogP contribution in [0.5, 0.6) is 5.75 Å². The third-order valence-electron chi connectivity index (χ3n) is 4.25. The van der Waals surface area contributed by atoms with Gasteiger partial charge >= 0.3 is 6.18 Å². The van der Waals surface area contributed by atoms with Crippen molar-refractivity contribution in [1.29, 1.82) is 0 Å². The van der Waals surface area contributed by atoms with E-state index in [1.165, 1.54) is 0 Å². The number of amides is 1. The van der Waals surface area contributed by atoms with E-state index < -0.39 is 28.8 Å². The molecule has 0 atom stereocenters. The molecule has 8 heteroatoms. The highest BCUT2D eigenvalue weighted by Crippen LogP contribution is 2.45. The summed E-state index contributed by atoms with van der Waals surface area (Å²) < 4.78 is 41.1. The normalized spacial score (nSPS) is 11.6. The summed E-state index contributed by atoms with van der Waals surface area (Å²) in [6, 6.07) is 17.7. The van der Waals surface area contributed by atoms with Crippen molar-refractivity contribution in [3.63, 3.8) is 0 Å². The maximum absolute atomic E-state index is 13.7. The van der Waals surface area contributed by atoms with Crippen molar-refractivity contribution in [2.45, 2.75) is 6.18 Å². The van der Waals surface area contributed by atoms with Crippen molar-refractivity contribution in [2.24, 2.45) is 0 Å². The first-order valence-electron chi connectivity index (χ1n) is 8.50. The molecule has 2 heterocycles. The average molecular weight is 414 g/mol. The van der Waals surface area contributed by atoms with Crippen molar-refractivity contribution in [2.75, 3.05) is 5.32 Å². The molecule has 1 amide bonds. The number of alkyl halides is 3. The predicted octanol–water partition coefficient (Wildman–Crippen LogP) is 5.94. The molecule has 29 heavy (non-hydrogen) atoms. The lowest BCUT2D eigenvalue weighted by Crippen LogP contribution is -2.10. The predicted molar refractivity (Wildman–Crippen MR) is 106 cm³/mol. The van der Waals surface area contributed by atoms with E-state index in [4.69, 9.17) is 0 Å². The summed E-state index contributed by atoms with van der Waals surface area (Å²) in [5, 5.41) is 12.5. The molecule has 4 rings (SSSR count). The minimum absolute atomic E-state index is 0.0608. The first kappa shape index (κ1) is 18.9. The van der Waals surface area contributed by atoms with Crippen LogP contribution in [0.2, 0.25) is 0 Å². The molecule has 0 radical (unpaired) electrons. The molecule has 4 aromatic rings. The van der Waals surface area contributed by atoms with Crippen LogP contribution in [0.25, 0.3) is 21.5 Å². The number of fused-ring (bicyclic) bond motifs is 1. The minimum atomic E-state index is -4.73. The molecule has 0 aliphatic rings. The summed E-state index contributed by atoms with van der Waals surface area (Å²) in [7, 11) is 0. The van der Waals surface area contributed by atoms with Crippen LogP contribution in [0, 0.1) is 0 Å². The van der Waals surface area contributed by atoms with E-state index in [0.717, 1.165) is 17.4 Å². The number of para-hydroxylation sites is 1. The Morgan fingerprint density at radius 3 is 2.24 bits per heavy atom. The zero-order valence-corrected chi connectivity index (χ0v) is 15.5. The highest BCUT2D eigenvalue weighted by molar-refractivity contribution is 7.21. The van der Waals surface area contributed by atoms with Gasteiger partial charge < -0.3 is 10.4 Å². The van der Waals surface area contributed by atoms with Gasteiger partial charge in [0.2, 0.25) is 0 Å². The quantitative estimate of drug-likeness (QED) is 0.436. The van der Waals surface area contributed by atoms with Gasteiger partial charge in [0.1, 0.15) is 15.5 Å². The Hall–Kier alpha value is -3.39. The van der Waals surface area contributed by atoms with Crippen molar-refractivity contribution < 1.29 is 23.1 Å². The Morgan fingerprint density at radius 1 is 1.00 bits per heavy atom. The molecule has 0 aliphatic carbocycles. The summed E-state index contributed by atoms with van der Waals surface area (Å²) in [5.41, 5.74) is 0.0435. The van der Waals surface area contributed by atoms with Crippen LogP contribution >= 0.6 is 11.3 Å². The summed E-state index contributed by atoms with van der Waals surface area (Å²) in [6.45, 7) is 0. The Morgan fingerprint density at radius 2 is 1.62 bits per heavy atom. The number of aromatic hydroxyl groups is 1. The van der Waals surface area contributed by atoms with Crippen LogP contribution in [0.4, 0.5) is 18.9 Å². The van der Waals surface area contributed by atoms with E-state index in [9.17, 15) is 23.1 Å². The molecule has 146 valence electrons. The molecular weight excluding hydrogens is 401 g/mol. The molecule has 0 aliphatic heterocycles. The third-order valence-corrected chi connectivity index (χ3v) is 5.32. The smallest absolute Gasteiger partial charge is 0.417 e. The van der Waals surface area contributed by atoms with E-state index in [1.54, 1.807) is 60.7 Å². The number of rotatable bonds is 3. The van der Waals surface area contributed by atoms with Gasteiger partial charge in [-0.25, -0.2) is 4.98 Å². The van der Waals surface area contributed by atoms with Gasteiger partial charge in [0.15, 0.2) is 0 Å². The van der Waals surface area contributed by atoms with E-state index in [-0.39, 0.29) is 15.4 Å². The monoisotopic (exact) mass is 414 g/mol. The Kier molecular flexibility index (Phi) is 4.71. The van der Waals surface area contributed by atoms with Gasteiger partial charge in [-0.3, -0.25) is 4.79 Å². The van der Waals surface area contributed by atoms with E-state index in [0.29, 0.717) is 11.3 Å². The van der Waals surface area contributed by atoms with Gasteiger partial charge in [-0.1, -0.05) is 48.5 Å². The summed E-state index contributed by atoms with van der Waals surface area (Å²) in [5.74, 6) is -1.43. The molecule has 0 saturated heterocycles. The van der Waals surface area contributed by atoms with Crippen LogP contribution in [0.1, 0.15) is 15.2 Å². The molecule has 2 aromatic heterocycles. The van der Waals surface area contributed by atoms with Crippen LogP contribution in [-0.4, -0.2) is 16.0 Å². The highest BCUT2D eigenvalue weighted by Gasteiger charge is 2.37. The van der Waals surface area contributed by atoms with Crippen LogP contribution in [-0.2, 0) is 6.18 Å². The van der Waals surface area contributed by atoms with Crippen molar-refractivity contribution in [3.8, 4) is 17.0 Å². The number of carbonyl (C=O) groups excluding carboxylic acids is 1. The van der Waals surface area contributed by atoms with Crippen molar-refractivity contribution in [1.82, 2.24) is 4.98 Å². The second-order valence-electron chi connectivity index (χ2n) is 6.20. The second-order valence-corrected chi connectivity index (χ2v) is 7.20. The summed E-state index contributed by atoms with van der Waals surface area (Å²) >= 11 is 0.717. The zero-order chi connectivity index (χ0) is 20.6. The molecular formula is C21H13F3N2O2S. The topological polar surface area (TPSA) is 62.2 Å². The third kappa shape index (κ3) is 3.66. The van der Waals surface area contributed by atoms with Gasteiger partial charge in [-0.05, 0) is 18.2 Å². The molecule has 4 nitrogen and oxygen atoms in total. The molecule has 0 unspecified atom stereocenters. The SMILES string of the molecule is O=C(Nc1ccccc1)c1sc2nc(-c3ccccc3)cc(C(F)(F)F)c2c1O. The number of carbonyl (C=O) groups is 1. The van der Waals surface area contributed by atoms with Gasteiger partial charge in [0.05, 0.1) is 16.6 Å². The Balaban J connectivity index is 1.87. The highest BCUT2D eigenvalue weighted by atomic mass is 32.1. The number of pyridine rings is 1. The lowest BCUT2D eigenvalue weighted by molar-refractivity contribution is -0.136. The number of anilines is 1. The van der Waals surface area contributed by atoms with Gasteiger partial charge in [0.25, 0.3) is 5.91 Å². The molecule has 2 aromatic carbocycles. The molecule has 0 fully saturated rings. The first-order chi connectivity index (χ1) is 13.8. The van der Waals surface area contributed by atoms with Gasteiger partial charge in [-0.2, -0.15) is 13.2 Å². The minimum Gasteiger partial charge on any atom is -0.505 e. The van der Waals surface area contributed by atoms with Crippen molar-refractivity contribution >= 4 is 33.1 Å². The van der Waals surface area contributed by atoms with Crippen LogP contribution in [0.15, 0.2) is 66.7 Å². The van der Waals surface area contributed by atoms with Crippen molar-refractivity contribution in [3.05, 3.63) is 77.2 Å².